The lowest BCUT2D eigenvalue weighted by Gasteiger charge is -2.32. The third kappa shape index (κ3) is 5.80. The number of hydrogen-bond acceptors (Lipinski definition) is 7. The molecule has 0 spiro atoms. The summed E-state index contributed by atoms with van der Waals surface area (Å²) in [5.74, 6) is 2.66. The SMILES string of the molecule is CCOc1cccc(CNC(=O)C2CCN(c3ncccc3-c3nc(-c4ccc(C)cc4)no3)CC2)c1. The molecule has 8 nitrogen and oxygen atoms in total. The van der Waals surface area contributed by atoms with Crippen molar-refractivity contribution in [1.82, 2.24) is 20.4 Å². The molecule has 190 valence electrons. The molecule has 8 heteroatoms. The zero-order chi connectivity index (χ0) is 25.6. The number of rotatable bonds is 8. The Kier molecular flexibility index (Phi) is 7.44. The van der Waals surface area contributed by atoms with E-state index in [-0.39, 0.29) is 11.8 Å². The van der Waals surface area contributed by atoms with Crippen LogP contribution in [0.15, 0.2) is 71.4 Å². The standard InChI is InChI=1S/C29H31N5O3/c1-3-36-24-7-4-6-21(18-24)19-31-28(35)23-13-16-34(17-14-23)27-25(8-5-15-30-27)29-32-26(33-37-29)22-11-9-20(2)10-12-22/h4-12,15,18,23H,3,13-14,16-17,19H2,1-2H3,(H,31,35). The fourth-order valence-corrected chi connectivity index (χ4v) is 4.57. The first-order chi connectivity index (χ1) is 18.1. The van der Waals surface area contributed by atoms with Gasteiger partial charge < -0.3 is 19.5 Å². The first-order valence-corrected chi connectivity index (χ1v) is 12.7. The van der Waals surface area contributed by atoms with Crippen molar-refractivity contribution in [3.05, 3.63) is 78.0 Å². The number of nitrogens with zero attached hydrogens (tertiary/aromatic N) is 4. The lowest BCUT2D eigenvalue weighted by molar-refractivity contribution is -0.125. The second-order valence-corrected chi connectivity index (χ2v) is 9.22. The quantitative estimate of drug-likeness (QED) is 0.365. The monoisotopic (exact) mass is 497 g/mol. The first kappa shape index (κ1) is 24.5. The molecule has 2 aromatic heterocycles. The van der Waals surface area contributed by atoms with Crippen LogP contribution in [0, 0.1) is 12.8 Å². The van der Waals surface area contributed by atoms with Crippen LogP contribution < -0.4 is 15.0 Å². The van der Waals surface area contributed by atoms with Crippen LogP contribution >= 0.6 is 0 Å². The summed E-state index contributed by atoms with van der Waals surface area (Å²) in [6, 6.07) is 19.7. The van der Waals surface area contributed by atoms with Gasteiger partial charge in [0.1, 0.15) is 11.6 Å². The zero-order valence-electron chi connectivity index (χ0n) is 21.2. The van der Waals surface area contributed by atoms with Gasteiger partial charge in [-0.2, -0.15) is 4.98 Å². The molecule has 1 N–H and O–H groups in total. The Morgan fingerprint density at radius 2 is 1.92 bits per heavy atom. The van der Waals surface area contributed by atoms with Gasteiger partial charge >= 0.3 is 0 Å². The second kappa shape index (κ2) is 11.2. The summed E-state index contributed by atoms with van der Waals surface area (Å²) in [4.78, 5) is 24.3. The Morgan fingerprint density at radius 3 is 2.70 bits per heavy atom. The maximum atomic E-state index is 12.9. The number of nitrogens with one attached hydrogen (secondary N) is 1. The molecule has 5 rings (SSSR count). The molecular formula is C29H31N5O3. The van der Waals surface area contributed by atoms with Gasteiger partial charge in [0.05, 0.1) is 12.2 Å². The van der Waals surface area contributed by atoms with Crippen LogP contribution in [-0.2, 0) is 11.3 Å². The van der Waals surface area contributed by atoms with Gasteiger partial charge in [-0.15, -0.1) is 0 Å². The van der Waals surface area contributed by atoms with Crippen molar-refractivity contribution in [2.75, 3.05) is 24.6 Å². The summed E-state index contributed by atoms with van der Waals surface area (Å²) in [6.45, 7) is 6.56. The van der Waals surface area contributed by atoms with E-state index in [4.69, 9.17) is 9.26 Å². The van der Waals surface area contributed by atoms with E-state index in [2.05, 4.69) is 25.3 Å². The fourth-order valence-electron chi connectivity index (χ4n) is 4.57. The summed E-state index contributed by atoms with van der Waals surface area (Å²) >= 11 is 0. The molecule has 0 unspecified atom stereocenters. The van der Waals surface area contributed by atoms with Gasteiger partial charge in [0, 0.05) is 37.3 Å². The highest BCUT2D eigenvalue weighted by Gasteiger charge is 2.27. The number of amides is 1. The maximum absolute atomic E-state index is 12.9. The third-order valence-electron chi connectivity index (χ3n) is 6.59. The smallest absolute Gasteiger partial charge is 0.261 e. The highest BCUT2D eigenvalue weighted by molar-refractivity contribution is 5.79. The molecule has 0 aliphatic carbocycles. The van der Waals surface area contributed by atoms with E-state index in [0.29, 0.717) is 24.9 Å². The van der Waals surface area contributed by atoms with E-state index in [1.165, 1.54) is 5.56 Å². The van der Waals surface area contributed by atoms with Gasteiger partial charge in [-0.3, -0.25) is 4.79 Å². The fraction of sp³-hybridized carbons (Fsp3) is 0.310. The number of aryl methyl sites for hydroxylation is 1. The van der Waals surface area contributed by atoms with Gasteiger partial charge in [-0.05, 0) is 56.5 Å². The van der Waals surface area contributed by atoms with Crippen LogP contribution in [0.4, 0.5) is 5.82 Å². The highest BCUT2D eigenvalue weighted by atomic mass is 16.5. The number of aromatic nitrogens is 3. The van der Waals surface area contributed by atoms with Gasteiger partial charge in [-0.25, -0.2) is 4.98 Å². The van der Waals surface area contributed by atoms with Crippen molar-refractivity contribution in [2.45, 2.75) is 33.2 Å². The first-order valence-electron chi connectivity index (χ1n) is 12.7. The Balaban J connectivity index is 1.21. The lowest BCUT2D eigenvalue weighted by Crippen LogP contribution is -2.40. The normalized spacial score (nSPS) is 13.9. The average Bonchev–Trinajstić information content (AvgIpc) is 3.43. The molecule has 3 heterocycles. The summed E-state index contributed by atoms with van der Waals surface area (Å²) in [5.41, 5.74) is 3.90. The maximum Gasteiger partial charge on any atom is 0.261 e. The molecule has 0 radical (unpaired) electrons. The van der Waals surface area contributed by atoms with Gasteiger partial charge in [0.15, 0.2) is 0 Å². The molecule has 37 heavy (non-hydrogen) atoms. The molecule has 1 aliphatic rings. The minimum Gasteiger partial charge on any atom is -0.494 e. The number of benzene rings is 2. The predicted molar refractivity (Wildman–Crippen MR) is 142 cm³/mol. The molecular weight excluding hydrogens is 466 g/mol. The van der Waals surface area contributed by atoms with Crippen molar-refractivity contribution in [3.8, 4) is 28.6 Å². The summed E-state index contributed by atoms with van der Waals surface area (Å²) < 4.78 is 11.2. The van der Waals surface area contributed by atoms with Crippen LogP contribution in [0.25, 0.3) is 22.8 Å². The minimum atomic E-state index is -0.0324. The Morgan fingerprint density at radius 1 is 1.11 bits per heavy atom. The van der Waals surface area contributed by atoms with E-state index in [1.54, 1.807) is 6.20 Å². The van der Waals surface area contributed by atoms with Gasteiger partial charge in [0.2, 0.25) is 11.7 Å². The molecule has 1 amide bonds. The zero-order valence-corrected chi connectivity index (χ0v) is 21.2. The Labute approximate surface area is 216 Å². The van der Waals surface area contributed by atoms with Crippen molar-refractivity contribution >= 4 is 11.7 Å². The number of piperidine rings is 1. The summed E-state index contributed by atoms with van der Waals surface area (Å²) in [7, 11) is 0. The van der Waals surface area contributed by atoms with E-state index < -0.39 is 0 Å². The van der Waals surface area contributed by atoms with Gasteiger partial charge in [-0.1, -0.05) is 47.1 Å². The molecule has 1 fully saturated rings. The molecule has 1 saturated heterocycles. The van der Waals surface area contributed by atoms with E-state index in [1.807, 2.05) is 74.5 Å². The van der Waals surface area contributed by atoms with E-state index in [9.17, 15) is 4.79 Å². The van der Waals surface area contributed by atoms with Crippen LogP contribution in [0.1, 0.15) is 30.9 Å². The highest BCUT2D eigenvalue weighted by Crippen LogP contribution is 2.32. The molecule has 0 saturated carbocycles. The largest absolute Gasteiger partial charge is 0.494 e. The number of hydrogen-bond donors (Lipinski definition) is 1. The van der Waals surface area contributed by atoms with Crippen molar-refractivity contribution < 1.29 is 14.1 Å². The number of carbonyl (C=O) groups excluding carboxylic acids is 1. The summed E-state index contributed by atoms with van der Waals surface area (Å²) in [5, 5.41) is 7.27. The average molecular weight is 498 g/mol. The van der Waals surface area contributed by atoms with E-state index >= 15 is 0 Å². The molecule has 4 aromatic rings. The summed E-state index contributed by atoms with van der Waals surface area (Å²) in [6.07, 6.45) is 3.27. The second-order valence-electron chi connectivity index (χ2n) is 9.22. The number of carbonyl (C=O) groups is 1. The lowest BCUT2D eigenvalue weighted by atomic mass is 9.95. The van der Waals surface area contributed by atoms with Crippen molar-refractivity contribution in [3.63, 3.8) is 0 Å². The minimum absolute atomic E-state index is 0.0324. The Bertz CT molecular complexity index is 1340. The number of anilines is 1. The molecule has 0 atom stereocenters. The van der Waals surface area contributed by atoms with Crippen LogP contribution in [0.5, 0.6) is 5.75 Å². The topological polar surface area (TPSA) is 93.4 Å². The van der Waals surface area contributed by atoms with Crippen molar-refractivity contribution in [2.24, 2.45) is 5.92 Å². The van der Waals surface area contributed by atoms with Crippen molar-refractivity contribution in [1.29, 1.82) is 0 Å². The predicted octanol–water partition coefficient (Wildman–Crippen LogP) is 5.04. The van der Waals surface area contributed by atoms with E-state index in [0.717, 1.165) is 54.2 Å². The van der Waals surface area contributed by atoms with Crippen LogP contribution in [0.3, 0.4) is 0 Å². The van der Waals surface area contributed by atoms with Crippen LogP contribution in [0.2, 0.25) is 0 Å². The number of ether oxygens (including phenoxy) is 1. The third-order valence-corrected chi connectivity index (χ3v) is 6.59. The van der Waals surface area contributed by atoms with Crippen LogP contribution in [-0.4, -0.2) is 40.7 Å². The Hall–Kier alpha value is -4.20. The molecule has 1 aliphatic heterocycles. The van der Waals surface area contributed by atoms with Gasteiger partial charge in [0.25, 0.3) is 5.89 Å². The number of pyridine rings is 1. The molecule has 0 bridgehead atoms. The molecule has 2 aromatic carbocycles.